The third-order valence-corrected chi connectivity index (χ3v) is 5.79. The molecule has 0 bridgehead atoms. The van der Waals surface area contributed by atoms with Crippen LogP contribution in [-0.4, -0.2) is 26.2 Å². The summed E-state index contributed by atoms with van der Waals surface area (Å²) in [6.45, 7) is 0. The summed E-state index contributed by atoms with van der Waals surface area (Å²) in [5.74, 6) is -0.987. The molecule has 0 spiro atoms. The number of carboxylic acid groups (broad SMARTS) is 1. The predicted octanol–water partition coefficient (Wildman–Crippen LogP) is 6.46. The number of imidazole rings is 1. The zero-order valence-electron chi connectivity index (χ0n) is 17.8. The van der Waals surface area contributed by atoms with Crippen molar-refractivity contribution in [1.29, 1.82) is 0 Å². The number of H-pyrrole nitrogens is 1. The van der Waals surface area contributed by atoms with Crippen LogP contribution in [-0.2, 0) is 4.79 Å². The molecule has 5 rings (SSSR count). The average molecular weight is 471 g/mol. The number of nitrogens with zero attached hydrogens (tertiary/aromatic N) is 1. The predicted molar refractivity (Wildman–Crippen MR) is 131 cm³/mol. The molecule has 0 fully saturated rings. The van der Waals surface area contributed by atoms with Gasteiger partial charge >= 0.3 is 5.97 Å². The Morgan fingerprint density at radius 2 is 1.59 bits per heavy atom. The molecule has 0 aliphatic heterocycles. The monoisotopic (exact) mass is 470 g/mol. The number of nitrogens with one attached hydrogen (secondary N) is 1. The number of fused-ring (bicyclic) bond motifs is 1. The van der Waals surface area contributed by atoms with Crippen LogP contribution in [0, 0.1) is 0 Å². The van der Waals surface area contributed by atoms with Crippen molar-refractivity contribution < 1.29 is 19.7 Å². The molecular formula is C27H19ClN2O4. The van der Waals surface area contributed by atoms with Crippen LogP contribution in [0.2, 0.25) is 5.02 Å². The molecule has 6 nitrogen and oxygen atoms in total. The van der Waals surface area contributed by atoms with E-state index in [1.807, 2.05) is 36.4 Å². The molecule has 0 aliphatic rings. The minimum atomic E-state index is -1.63. The minimum Gasteiger partial charge on any atom is -0.479 e. The summed E-state index contributed by atoms with van der Waals surface area (Å²) in [4.78, 5) is 18.6. The molecule has 0 amide bonds. The zero-order chi connectivity index (χ0) is 23.7. The van der Waals surface area contributed by atoms with Gasteiger partial charge in [-0.2, -0.15) is 4.98 Å². The van der Waals surface area contributed by atoms with Crippen molar-refractivity contribution in [2.24, 2.45) is 0 Å². The summed E-state index contributed by atoms with van der Waals surface area (Å²) in [6, 6.07) is 28.5. The lowest BCUT2D eigenvalue weighted by Gasteiger charge is -2.07. The first-order valence-corrected chi connectivity index (χ1v) is 10.9. The summed E-state index contributed by atoms with van der Waals surface area (Å²) >= 11 is 6.58. The second kappa shape index (κ2) is 9.02. The second-order valence-electron chi connectivity index (χ2n) is 7.75. The van der Waals surface area contributed by atoms with Crippen molar-refractivity contribution in [3.8, 4) is 34.0 Å². The Balaban J connectivity index is 1.42. The topological polar surface area (TPSA) is 95.4 Å². The van der Waals surface area contributed by atoms with E-state index in [9.17, 15) is 9.90 Å². The number of aromatic nitrogens is 2. The number of halogens is 1. The summed E-state index contributed by atoms with van der Waals surface area (Å²) in [5, 5.41) is 19.3. The lowest BCUT2D eigenvalue weighted by Crippen LogP contribution is -2.10. The van der Waals surface area contributed by atoms with E-state index in [1.165, 1.54) is 12.1 Å². The lowest BCUT2D eigenvalue weighted by atomic mass is 10.00. The van der Waals surface area contributed by atoms with Gasteiger partial charge in [-0.1, -0.05) is 78.3 Å². The molecule has 1 atom stereocenters. The first kappa shape index (κ1) is 21.7. The number of hydrogen-bond acceptors (Lipinski definition) is 4. The largest absolute Gasteiger partial charge is 0.479 e. The van der Waals surface area contributed by atoms with Crippen LogP contribution < -0.4 is 4.74 Å². The SMILES string of the molecule is O=C(O)C(O)c1cccc(Oc2nc3cc(-c4ccc(-c5ccccc5)cc4)c(Cl)cc3[nH]2)c1. The van der Waals surface area contributed by atoms with Crippen LogP contribution in [0.1, 0.15) is 11.7 Å². The maximum Gasteiger partial charge on any atom is 0.337 e. The molecule has 4 aromatic carbocycles. The van der Waals surface area contributed by atoms with Crippen molar-refractivity contribution in [3.05, 3.63) is 102 Å². The molecule has 1 unspecified atom stereocenters. The van der Waals surface area contributed by atoms with Crippen LogP contribution in [0.25, 0.3) is 33.3 Å². The van der Waals surface area contributed by atoms with Gasteiger partial charge in [-0.15, -0.1) is 0 Å². The van der Waals surface area contributed by atoms with E-state index in [2.05, 4.69) is 34.2 Å². The van der Waals surface area contributed by atoms with Crippen molar-refractivity contribution in [1.82, 2.24) is 9.97 Å². The standard InChI is InChI=1S/C27H19ClN2O4/c28-22-15-24-23(14-21(22)18-11-9-17(10-12-18)16-5-2-1-3-6-16)29-27(30-24)34-20-8-4-7-19(13-20)25(31)26(32)33/h1-15,25,31H,(H,29,30)(H,32,33). The number of aromatic amines is 1. The number of rotatable bonds is 6. The molecule has 0 saturated heterocycles. The minimum absolute atomic E-state index is 0.213. The normalized spacial score (nSPS) is 11.9. The number of aliphatic hydroxyl groups is 1. The molecule has 0 radical (unpaired) electrons. The van der Waals surface area contributed by atoms with Crippen LogP contribution in [0.3, 0.4) is 0 Å². The Bertz CT molecular complexity index is 1480. The quantitative estimate of drug-likeness (QED) is 0.264. The van der Waals surface area contributed by atoms with Crippen LogP contribution >= 0.6 is 11.6 Å². The fourth-order valence-corrected chi connectivity index (χ4v) is 4.02. The maximum absolute atomic E-state index is 11.0. The zero-order valence-corrected chi connectivity index (χ0v) is 18.5. The fraction of sp³-hybridized carbons (Fsp3) is 0.0370. The van der Waals surface area contributed by atoms with Gasteiger partial charge in [0, 0.05) is 5.56 Å². The number of carbonyl (C=O) groups is 1. The van der Waals surface area contributed by atoms with Gasteiger partial charge in [0.1, 0.15) is 5.75 Å². The molecule has 7 heteroatoms. The summed E-state index contributed by atoms with van der Waals surface area (Å²) < 4.78 is 5.77. The Kier molecular flexibility index (Phi) is 5.76. The molecular weight excluding hydrogens is 452 g/mol. The number of carboxylic acids is 1. The number of ether oxygens (including phenoxy) is 1. The lowest BCUT2D eigenvalue weighted by molar-refractivity contribution is -0.146. The van der Waals surface area contributed by atoms with Crippen molar-refractivity contribution in [2.75, 3.05) is 0 Å². The summed E-state index contributed by atoms with van der Waals surface area (Å²) in [5.41, 5.74) is 5.66. The maximum atomic E-state index is 11.0. The van der Waals surface area contributed by atoms with Crippen molar-refractivity contribution in [3.63, 3.8) is 0 Å². The highest BCUT2D eigenvalue weighted by Crippen LogP contribution is 2.34. The van der Waals surface area contributed by atoms with Gasteiger partial charge in [-0.05, 0) is 46.5 Å². The molecule has 168 valence electrons. The molecule has 1 aromatic heterocycles. The first-order valence-electron chi connectivity index (χ1n) is 10.5. The van der Waals surface area contributed by atoms with Crippen molar-refractivity contribution >= 4 is 28.6 Å². The number of aliphatic hydroxyl groups excluding tert-OH is 1. The van der Waals surface area contributed by atoms with Crippen molar-refractivity contribution in [2.45, 2.75) is 6.10 Å². The van der Waals surface area contributed by atoms with E-state index in [-0.39, 0.29) is 11.6 Å². The number of hydrogen-bond donors (Lipinski definition) is 3. The number of aliphatic carboxylic acids is 1. The fourth-order valence-electron chi connectivity index (χ4n) is 3.75. The third-order valence-electron chi connectivity index (χ3n) is 5.47. The average Bonchev–Trinajstić information content (AvgIpc) is 3.24. The van der Waals surface area contributed by atoms with Crippen LogP contribution in [0.4, 0.5) is 0 Å². The van der Waals surface area contributed by atoms with E-state index in [0.717, 1.165) is 22.3 Å². The van der Waals surface area contributed by atoms with Gasteiger partial charge in [-0.25, -0.2) is 4.79 Å². The van der Waals surface area contributed by atoms with Gasteiger partial charge < -0.3 is 19.9 Å². The highest BCUT2D eigenvalue weighted by Gasteiger charge is 2.17. The Morgan fingerprint density at radius 1 is 0.882 bits per heavy atom. The Labute approximate surface area is 200 Å². The van der Waals surface area contributed by atoms with Gasteiger partial charge in [0.15, 0.2) is 6.10 Å². The highest BCUT2D eigenvalue weighted by molar-refractivity contribution is 6.34. The highest BCUT2D eigenvalue weighted by atomic mass is 35.5. The Morgan fingerprint density at radius 3 is 2.32 bits per heavy atom. The summed E-state index contributed by atoms with van der Waals surface area (Å²) in [7, 11) is 0. The molecule has 0 aliphatic carbocycles. The van der Waals surface area contributed by atoms with Gasteiger partial charge in [0.05, 0.1) is 16.1 Å². The second-order valence-corrected chi connectivity index (χ2v) is 8.16. The van der Waals surface area contributed by atoms with E-state index < -0.39 is 12.1 Å². The van der Waals surface area contributed by atoms with Gasteiger partial charge in [-0.3, -0.25) is 0 Å². The van der Waals surface area contributed by atoms with E-state index in [1.54, 1.807) is 18.2 Å². The third kappa shape index (κ3) is 4.37. The van der Waals surface area contributed by atoms with E-state index in [0.29, 0.717) is 21.8 Å². The first-order chi connectivity index (χ1) is 16.5. The van der Waals surface area contributed by atoms with E-state index >= 15 is 0 Å². The molecule has 0 saturated carbocycles. The van der Waals surface area contributed by atoms with Crippen LogP contribution in [0.5, 0.6) is 11.8 Å². The summed E-state index contributed by atoms with van der Waals surface area (Å²) in [6.07, 6.45) is -1.63. The van der Waals surface area contributed by atoms with E-state index in [4.69, 9.17) is 21.4 Å². The molecule has 5 aromatic rings. The molecule has 3 N–H and O–H groups in total. The smallest absolute Gasteiger partial charge is 0.337 e. The van der Waals surface area contributed by atoms with Crippen LogP contribution in [0.15, 0.2) is 91.0 Å². The van der Waals surface area contributed by atoms with Gasteiger partial charge in [0.2, 0.25) is 0 Å². The molecule has 34 heavy (non-hydrogen) atoms. The Hall–Kier alpha value is -4.13. The number of benzene rings is 4. The molecule has 1 heterocycles. The van der Waals surface area contributed by atoms with Gasteiger partial charge in [0.25, 0.3) is 6.01 Å².